The molecule has 2 aromatic rings. The fourth-order valence-corrected chi connectivity index (χ4v) is 1.59. The largest absolute Gasteiger partial charge is 0.497 e. The summed E-state index contributed by atoms with van der Waals surface area (Å²) >= 11 is 0. The van der Waals surface area contributed by atoms with Crippen molar-refractivity contribution in [1.82, 2.24) is 9.97 Å². The van der Waals surface area contributed by atoms with E-state index in [2.05, 4.69) is 9.97 Å². The lowest BCUT2D eigenvalue weighted by Crippen LogP contribution is -2.14. The lowest BCUT2D eigenvalue weighted by molar-refractivity contribution is 0.415. The number of benzene rings is 1. The lowest BCUT2D eigenvalue weighted by Gasteiger charge is -2.05. The summed E-state index contributed by atoms with van der Waals surface area (Å²) in [6, 6.07) is 7.31. The molecule has 4 heteroatoms. The first kappa shape index (κ1) is 11.4. The minimum Gasteiger partial charge on any atom is -0.497 e. The van der Waals surface area contributed by atoms with E-state index in [4.69, 9.17) is 4.74 Å². The van der Waals surface area contributed by atoms with Gasteiger partial charge in [-0.3, -0.25) is 4.79 Å². The Balaban J connectivity index is 2.60. The molecule has 0 atom stereocenters. The van der Waals surface area contributed by atoms with E-state index < -0.39 is 0 Å². The van der Waals surface area contributed by atoms with Crippen molar-refractivity contribution in [3.05, 3.63) is 46.0 Å². The summed E-state index contributed by atoms with van der Waals surface area (Å²) in [4.78, 5) is 18.9. The minimum absolute atomic E-state index is 0.179. The van der Waals surface area contributed by atoms with Crippen LogP contribution in [0.25, 0.3) is 11.3 Å². The van der Waals surface area contributed by atoms with Crippen molar-refractivity contribution in [2.24, 2.45) is 0 Å². The molecule has 0 fully saturated rings. The molecule has 0 saturated heterocycles. The van der Waals surface area contributed by atoms with Gasteiger partial charge in [0.15, 0.2) is 0 Å². The van der Waals surface area contributed by atoms with Crippen LogP contribution in [-0.2, 0) is 0 Å². The summed E-state index contributed by atoms with van der Waals surface area (Å²) in [5, 5.41) is 0. The van der Waals surface area contributed by atoms with Gasteiger partial charge >= 0.3 is 0 Å². The van der Waals surface area contributed by atoms with E-state index in [1.165, 1.54) is 0 Å². The minimum atomic E-state index is -0.179. The third kappa shape index (κ3) is 2.20. The van der Waals surface area contributed by atoms with Crippen LogP contribution in [0.4, 0.5) is 0 Å². The molecule has 1 N–H and O–H groups in total. The Kier molecular flexibility index (Phi) is 2.95. The maximum atomic E-state index is 11.8. The van der Waals surface area contributed by atoms with Gasteiger partial charge in [0, 0.05) is 11.3 Å². The van der Waals surface area contributed by atoms with Crippen LogP contribution in [0.2, 0.25) is 0 Å². The van der Waals surface area contributed by atoms with E-state index in [1.54, 1.807) is 13.2 Å². The molecule has 2 rings (SSSR count). The highest BCUT2D eigenvalue weighted by Gasteiger charge is 2.08. The quantitative estimate of drug-likeness (QED) is 0.859. The van der Waals surface area contributed by atoms with Gasteiger partial charge in [-0.1, -0.05) is 12.1 Å². The maximum Gasteiger partial charge on any atom is 0.274 e. The molecule has 88 valence electrons. The van der Waals surface area contributed by atoms with Gasteiger partial charge in [-0.05, 0) is 26.0 Å². The first-order valence-electron chi connectivity index (χ1n) is 5.34. The van der Waals surface area contributed by atoms with E-state index in [-0.39, 0.29) is 5.56 Å². The zero-order chi connectivity index (χ0) is 12.4. The van der Waals surface area contributed by atoms with Crippen LogP contribution in [-0.4, -0.2) is 17.1 Å². The number of aryl methyl sites for hydroxylation is 2. The fraction of sp³-hybridized carbons (Fsp3) is 0.231. The van der Waals surface area contributed by atoms with Gasteiger partial charge in [-0.25, -0.2) is 4.98 Å². The van der Waals surface area contributed by atoms with Crippen molar-refractivity contribution >= 4 is 0 Å². The van der Waals surface area contributed by atoms with Gasteiger partial charge in [0.2, 0.25) is 0 Å². The van der Waals surface area contributed by atoms with Gasteiger partial charge in [-0.15, -0.1) is 0 Å². The lowest BCUT2D eigenvalue weighted by atomic mass is 10.1. The van der Waals surface area contributed by atoms with Crippen molar-refractivity contribution < 1.29 is 4.74 Å². The molecule has 0 aliphatic rings. The summed E-state index contributed by atoms with van der Waals surface area (Å²) in [6.07, 6.45) is 0. The first-order valence-corrected chi connectivity index (χ1v) is 5.34. The van der Waals surface area contributed by atoms with Gasteiger partial charge in [-0.2, -0.15) is 0 Å². The van der Waals surface area contributed by atoms with Crippen molar-refractivity contribution in [2.45, 2.75) is 13.8 Å². The highest BCUT2D eigenvalue weighted by molar-refractivity contribution is 5.60. The third-order valence-electron chi connectivity index (χ3n) is 2.68. The molecule has 1 aromatic carbocycles. The summed E-state index contributed by atoms with van der Waals surface area (Å²) in [5.41, 5.74) is 2.62. The normalized spacial score (nSPS) is 10.3. The monoisotopic (exact) mass is 230 g/mol. The number of hydrogen-bond acceptors (Lipinski definition) is 3. The second-order valence-corrected chi connectivity index (χ2v) is 3.86. The number of aromatic nitrogens is 2. The summed E-state index contributed by atoms with van der Waals surface area (Å²) in [7, 11) is 1.59. The van der Waals surface area contributed by atoms with Gasteiger partial charge < -0.3 is 9.72 Å². The van der Waals surface area contributed by atoms with Gasteiger partial charge in [0.05, 0.1) is 12.8 Å². The average molecular weight is 230 g/mol. The van der Waals surface area contributed by atoms with Crippen LogP contribution in [0.1, 0.15) is 11.4 Å². The molecule has 0 saturated carbocycles. The van der Waals surface area contributed by atoms with E-state index in [0.29, 0.717) is 11.4 Å². The topological polar surface area (TPSA) is 55.0 Å². The van der Waals surface area contributed by atoms with Crippen LogP contribution >= 0.6 is 0 Å². The van der Waals surface area contributed by atoms with Crippen LogP contribution in [0.5, 0.6) is 5.75 Å². The molecule has 0 aliphatic heterocycles. The number of H-pyrrole nitrogens is 1. The predicted octanol–water partition coefficient (Wildman–Crippen LogP) is 2.06. The number of nitrogens with one attached hydrogen (secondary N) is 1. The third-order valence-corrected chi connectivity index (χ3v) is 2.68. The van der Waals surface area contributed by atoms with Crippen LogP contribution < -0.4 is 10.3 Å². The van der Waals surface area contributed by atoms with Crippen molar-refractivity contribution in [1.29, 1.82) is 0 Å². The standard InChI is InChI=1S/C13H14N2O2/c1-8-9(2)15-13(16)12(14-8)10-5-4-6-11(7-10)17-3/h4-7H,1-3H3,(H,15,16). The molecule has 17 heavy (non-hydrogen) atoms. The Morgan fingerprint density at radius 2 is 2.06 bits per heavy atom. The van der Waals surface area contributed by atoms with Crippen LogP contribution in [0.3, 0.4) is 0 Å². The first-order chi connectivity index (χ1) is 8.11. The number of ether oxygens (including phenoxy) is 1. The Hall–Kier alpha value is -2.10. The Labute approximate surface area is 99.3 Å². The molecule has 0 bridgehead atoms. The van der Waals surface area contributed by atoms with E-state index in [9.17, 15) is 4.79 Å². The summed E-state index contributed by atoms with van der Waals surface area (Å²) in [5.74, 6) is 0.710. The average Bonchev–Trinajstić information content (AvgIpc) is 2.34. The van der Waals surface area contributed by atoms with Crippen molar-refractivity contribution in [3.63, 3.8) is 0 Å². The molecule has 0 spiro atoms. The highest BCUT2D eigenvalue weighted by atomic mass is 16.5. The molecule has 0 radical (unpaired) electrons. The van der Waals surface area contributed by atoms with Crippen LogP contribution in [0.15, 0.2) is 29.1 Å². The zero-order valence-corrected chi connectivity index (χ0v) is 10.1. The molecular weight excluding hydrogens is 216 g/mol. The molecule has 4 nitrogen and oxygen atoms in total. The summed E-state index contributed by atoms with van der Waals surface area (Å²) in [6.45, 7) is 3.70. The number of aromatic amines is 1. The predicted molar refractivity (Wildman–Crippen MR) is 66.3 cm³/mol. The molecular formula is C13H14N2O2. The number of rotatable bonds is 2. The van der Waals surface area contributed by atoms with Crippen molar-refractivity contribution in [3.8, 4) is 17.0 Å². The Morgan fingerprint density at radius 3 is 2.76 bits per heavy atom. The fourth-order valence-electron chi connectivity index (χ4n) is 1.59. The Bertz CT molecular complexity index is 603. The highest BCUT2D eigenvalue weighted by Crippen LogP contribution is 2.19. The maximum absolute atomic E-state index is 11.8. The van der Waals surface area contributed by atoms with E-state index in [1.807, 2.05) is 32.0 Å². The van der Waals surface area contributed by atoms with Gasteiger partial charge in [0.1, 0.15) is 11.4 Å². The molecule has 0 unspecified atom stereocenters. The summed E-state index contributed by atoms with van der Waals surface area (Å²) < 4.78 is 5.13. The molecule has 0 aliphatic carbocycles. The zero-order valence-electron chi connectivity index (χ0n) is 10.1. The molecule has 0 amide bonds. The number of nitrogens with zero attached hydrogens (tertiary/aromatic N) is 1. The van der Waals surface area contributed by atoms with Crippen LogP contribution in [0, 0.1) is 13.8 Å². The SMILES string of the molecule is COc1cccc(-c2nc(C)c(C)[nH]c2=O)c1. The van der Waals surface area contributed by atoms with Gasteiger partial charge in [0.25, 0.3) is 5.56 Å². The van der Waals surface area contributed by atoms with E-state index in [0.717, 1.165) is 17.0 Å². The molecule has 1 aromatic heterocycles. The molecule has 1 heterocycles. The smallest absolute Gasteiger partial charge is 0.274 e. The second-order valence-electron chi connectivity index (χ2n) is 3.86. The van der Waals surface area contributed by atoms with E-state index >= 15 is 0 Å². The second kappa shape index (κ2) is 4.41. The number of methoxy groups -OCH3 is 1. The van der Waals surface area contributed by atoms with Crippen molar-refractivity contribution in [2.75, 3.05) is 7.11 Å². The number of hydrogen-bond donors (Lipinski definition) is 1. The Morgan fingerprint density at radius 1 is 1.29 bits per heavy atom.